The number of nitrogens with zero attached hydrogens (tertiary/aromatic N) is 4. The number of halogens is 2. The Bertz CT molecular complexity index is 946. The molecule has 2 aromatic heterocycles. The summed E-state index contributed by atoms with van der Waals surface area (Å²) in [6.07, 6.45) is -1.83. The van der Waals surface area contributed by atoms with Crippen LogP contribution in [0.25, 0.3) is 23.0 Å². The highest BCUT2D eigenvalue weighted by Crippen LogP contribution is 2.41. The predicted molar refractivity (Wildman–Crippen MR) is 85.3 cm³/mol. The number of benzene rings is 1. The van der Waals surface area contributed by atoms with Crippen LogP contribution >= 0.6 is 0 Å². The van der Waals surface area contributed by atoms with Gasteiger partial charge in [-0.1, -0.05) is 17.3 Å². The number of ether oxygens (including phenoxy) is 1. The van der Waals surface area contributed by atoms with E-state index in [9.17, 15) is 8.78 Å². The van der Waals surface area contributed by atoms with E-state index in [1.165, 1.54) is 13.1 Å². The van der Waals surface area contributed by atoms with E-state index in [2.05, 4.69) is 15.2 Å². The van der Waals surface area contributed by atoms with Crippen molar-refractivity contribution in [3.8, 4) is 28.7 Å². The van der Waals surface area contributed by atoms with E-state index >= 15 is 0 Å². The van der Waals surface area contributed by atoms with Crippen molar-refractivity contribution >= 4 is 0 Å². The molecular weight excluding hydrogens is 330 g/mol. The van der Waals surface area contributed by atoms with Gasteiger partial charge in [0.05, 0.1) is 5.56 Å². The summed E-state index contributed by atoms with van der Waals surface area (Å²) in [4.78, 5) is 4.31. The van der Waals surface area contributed by atoms with Gasteiger partial charge in [-0.05, 0) is 31.5 Å². The van der Waals surface area contributed by atoms with Crippen molar-refractivity contribution in [3.63, 3.8) is 0 Å². The monoisotopic (exact) mass is 346 g/mol. The fourth-order valence-corrected chi connectivity index (χ4v) is 3.02. The fourth-order valence-electron chi connectivity index (χ4n) is 3.02. The number of fused-ring (bicyclic) bond motifs is 1. The van der Waals surface area contributed by atoms with Gasteiger partial charge in [0.1, 0.15) is 17.0 Å². The summed E-state index contributed by atoms with van der Waals surface area (Å²) < 4.78 is 38.2. The van der Waals surface area contributed by atoms with Crippen LogP contribution in [0.4, 0.5) is 8.78 Å². The molecule has 0 amide bonds. The first-order valence-corrected chi connectivity index (χ1v) is 7.81. The van der Waals surface area contributed by atoms with Gasteiger partial charge in [-0.2, -0.15) is 10.1 Å². The molecule has 1 aliphatic heterocycles. The number of hydrogen-bond acceptors (Lipinski definition) is 5. The molecule has 6 nitrogen and oxygen atoms in total. The Labute approximate surface area is 142 Å². The minimum atomic E-state index is -2.62. The standard InChI is InChI=1S/C17H16F2N4O2/c1-17(2)8-9-5-4-6-10(13(9)24-17)15-20-16(25-22-15)11-7-12(14(18)19)23(3)21-11/h4-7,14H,8H2,1-3H3. The Hall–Kier alpha value is -2.77. The SMILES string of the molecule is Cn1nc(-c2nc(-c3cccc4c3OC(C)(C)C4)no2)cc1C(F)F. The Morgan fingerprint density at radius 1 is 1.28 bits per heavy atom. The van der Waals surface area contributed by atoms with Gasteiger partial charge in [-0.15, -0.1) is 0 Å². The molecule has 8 heteroatoms. The molecule has 0 radical (unpaired) electrons. The molecule has 4 rings (SSSR count). The Kier molecular flexibility index (Phi) is 3.38. The molecule has 130 valence electrons. The van der Waals surface area contributed by atoms with Gasteiger partial charge in [0, 0.05) is 13.5 Å². The Morgan fingerprint density at radius 2 is 2.08 bits per heavy atom. The van der Waals surface area contributed by atoms with Crippen molar-refractivity contribution < 1.29 is 18.0 Å². The summed E-state index contributed by atoms with van der Waals surface area (Å²) in [6.45, 7) is 4.02. The number of para-hydroxylation sites is 1. The molecule has 1 aliphatic rings. The van der Waals surface area contributed by atoms with Gasteiger partial charge >= 0.3 is 0 Å². The molecule has 0 spiro atoms. The lowest BCUT2D eigenvalue weighted by atomic mass is 10.0. The van der Waals surface area contributed by atoms with Gasteiger partial charge in [0.2, 0.25) is 5.82 Å². The third-order valence-electron chi connectivity index (χ3n) is 4.12. The summed E-state index contributed by atoms with van der Waals surface area (Å²) in [7, 11) is 1.45. The highest BCUT2D eigenvalue weighted by atomic mass is 19.3. The van der Waals surface area contributed by atoms with Crippen LogP contribution in [0.15, 0.2) is 28.8 Å². The third kappa shape index (κ3) is 2.67. The molecule has 0 unspecified atom stereocenters. The zero-order valence-electron chi connectivity index (χ0n) is 14.0. The van der Waals surface area contributed by atoms with Gasteiger partial charge < -0.3 is 9.26 Å². The molecule has 25 heavy (non-hydrogen) atoms. The highest BCUT2D eigenvalue weighted by Gasteiger charge is 2.33. The lowest BCUT2D eigenvalue weighted by Crippen LogP contribution is -2.24. The van der Waals surface area contributed by atoms with Crippen LogP contribution in [0.3, 0.4) is 0 Å². The average molecular weight is 346 g/mol. The first-order chi connectivity index (χ1) is 11.8. The number of aromatic nitrogens is 4. The number of hydrogen-bond donors (Lipinski definition) is 0. The number of alkyl halides is 2. The van der Waals surface area contributed by atoms with Gasteiger partial charge in [0.25, 0.3) is 12.3 Å². The minimum Gasteiger partial charge on any atom is -0.486 e. The molecule has 0 fully saturated rings. The van der Waals surface area contributed by atoms with Crippen LogP contribution in [0.2, 0.25) is 0 Å². The van der Waals surface area contributed by atoms with Crippen LogP contribution in [0.5, 0.6) is 5.75 Å². The zero-order valence-corrected chi connectivity index (χ0v) is 14.0. The lowest BCUT2D eigenvalue weighted by molar-refractivity contribution is 0.139. The second kappa shape index (κ2) is 5.37. The molecule has 3 aromatic rings. The van der Waals surface area contributed by atoms with Crippen LogP contribution < -0.4 is 4.74 Å². The fraction of sp³-hybridized carbons (Fsp3) is 0.353. The second-order valence-corrected chi connectivity index (χ2v) is 6.63. The van der Waals surface area contributed by atoms with Crippen molar-refractivity contribution in [3.05, 3.63) is 35.5 Å². The molecular formula is C17H16F2N4O2. The van der Waals surface area contributed by atoms with Gasteiger partial charge in [0.15, 0.2) is 5.69 Å². The largest absolute Gasteiger partial charge is 0.486 e. The van der Waals surface area contributed by atoms with E-state index in [-0.39, 0.29) is 22.9 Å². The van der Waals surface area contributed by atoms with Gasteiger partial charge in [-0.25, -0.2) is 8.78 Å². The van der Waals surface area contributed by atoms with Crippen LogP contribution in [0.1, 0.15) is 31.5 Å². The van der Waals surface area contributed by atoms with Crippen molar-refractivity contribution in [2.45, 2.75) is 32.3 Å². The summed E-state index contributed by atoms with van der Waals surface area (Å²) in [5.74, 6) is 1.16. The maximum atomic E-state index is 12.9. The Morgan fingerprint density at radius 3 is 2.80 bits per heavy atom. The quantitative estimate of drug-likeness (QED) is 0.722. The summed E-state index contributed by atoms with van der Waals surface area (Å²) in [5, 5.41) is 7.98. The summed E-state index contributed by atoms with van der Waals surface area (Å²) in [6, 6.07) is 7.00. The van der Waals surface area contributed by atoms with E-state index in [0.717, 1.165) is 22.4 Å². The summed E-state index contributed by atoms with van der Waals surface area (Å²) >= 11 is 0. The molecule has 1 aromatic carbocycles. The number of aryl methyl sites for hydroxylation is 1. The van der Waals surface area contributed by atoms with Crippen LogP contribution in [-0.4, -0.2) is 25.5 Å². The molecule has 0 bridgehead atoms. The molecule has 0 saturated carbocycles. The minimum absolute atomic E-state index is 0.0901. The maximum absolute atomic E-state index is 12.9. The molecule has 0 atom stereocenters. The van der Waals surface area contributed by atoms with Crippen molar-refractivity contribution in [1.82, 2.24) is 19.9 Å². The second-order valence-electron chi connectivity index (χ2n) is 6.63. The molecule has 0 aliphatic carbocycles. The van der Waals surface area contributed by atoms with Crippen LogP contribution in [-0.2, 0) is 13.5 Å². The van der Waals surface area contributed by atoms with E-state index in [0.29, 0.717) is 11.4 Å². The molecule has 0 saturated heterocycles. The van der Waals surface area contributed by atoms with E-state index < -0.39 is 6.43 Å². The smallest absolute Gasteiger partial charge is 0.280 e. The molecule has 3 heterocycles. The zero-order chi connectivity index (χ0) is 17.8. The first kappa shape index (κ1) is 15.7. The Balaban J connectivity index is 1.72. The van der Waals surface area contributed by atoms with Gasteiger partial charge in [-0.3, -0.25) is 4.68 Å². The topological polar surface area (TPSA) is 66.0 Å². The normalized spacial score (nSPS) is 15.4. The third-order valence-corrected chi connectivity index (χ3v) is 4.12. The average Bonchev–Trinajstić information content (AvgIpc) is 3.21. The van der Waals surface area contributed by atoms with Crippen molar-refractivity contribution in [2.24, 2.45) is 7.05 Å². The summed E-state index contributed by atoms with van der Waals surface area (Å²) in [5.41, 5.74) is 1.50. The highest BCUT2D eigenvalue weighted by molar-refractivity contribution is 5.68. The van der Waals surface area contributed by atoms with Crippen molar-refractivity contribution in [1.29, 1.82) is 0 Å². The van der Waals surface area contributed by atoms with Crippen LogP contribution in [0, 0.1) is 0 Å². The predicted octanol–water partition coefficient (Wildman–Crippen LogP) is 3.79. The van der Waals surface area contributed by atoms with E-state index in [1.807, 2.05) is 32.0 Å². The maximum Gasteiger partial charge on any atom is 0.280 e. The number of rotatable bonds is 3. The van der Waals surface area contributed by atoms with E-state index in [4.69, 9.17) is 9.26 Å². The lowest BCUT2D eigenvalue weighted by Gasteiger charge is -2.17. The first-order valence-electron chi connectivity index (χ1n) is 7.81. The molecule has 0 N–H and O–H groups in total. The van der Waals surface area contributed by atoms with Crippen molar-refractivity contribution in [2.75, 3.05) is 0 Å². The van der Waals surface area contributed by atoms with E-state index in [1.54, 1.807) is 0 Å².